The number of benzene rings is 1. The average molecular weight is 262 g/mol. The zero-order valence-corrected chi connectivity index (χ0v) is 12.4. The van der Waals surface area contributed by atoms with E-state index in [0.717, 1.165) is 19.4 Å². The van der Waals surface area contributed by atoms with Gasteiger partial charge >= 0.3 is 0 Å². The largest absolute Gasteiger partial charge is 0.338 e. The van der Waals surface area contributed by atoms with Crippen molar-refractivity contribution in [1.82, 2.24) is 4.90 Å². The Hall–Kier alpha value is -1.35. The van der Waals surface area contributed by atoms with Crippen LogP contribution in [0.1, 0.15) is 37.8 Å². The van der Waals surface area contributed by atoms with E-state index in [0.29, 0.717) is 13.1 Å². The summed E-state index contributed by atoms with van der Waals surface area (Å²) in [5.74, 6) is 0.157. The Morgan fingerprint density at radius 3 is 2.53 bits per heavy atom. The van der Waals surface area contributed by atoms with E-state index in [1.54, 1.807) is 0 Å². The minimum Gasteiger partial charge on any atom is -0.338 e. The number of carbonyl (C=O) groups is 1. The molecular formula is C16H26N2O. The van der Waals surface area contributed by atoms with Crippen LogP contribution in [0.5, 0.6) is 0 Å². The third-order valence-electron chi connectivity index (χ3n) is 3.59. The molecule has 0 radical (unpaired) electrons. The molecule has 1 aromatic carbocycles. The highest BCUT2D eigenvalue weighted by atomic mass is 16.2. The molecule has 1 unspecified atom stereocenters. The maximum Gasteiger partial charge on any atom is 0.227 e. The van der Waals surface area contributed by atoms with Crippen LogP contribution in [0.25, 0.3) is 0 Å². The molecule has 1 atom stereocenters. The zero-order chi connectivity index (χ0) is 14.3. The molecule has 0 saturated carbocycles. The molecule has 0 aliphatic heterocycles. The Bertz CT molecular complexity index is 403. The molecule has 0 fully saturated rings. The predicted octanol–water partition coefficient (Wildman–Crippen LogP) is 2.72. The number of hydrogen-bond donors (Lipinski definition) is 1. The molecule has 0 spiro atoms. The molecule has 0 aromatic heterocycles. The molecule has 3 heteroatoms. The van der Waals surface area contributed by atoms with Crippen molar-refractivity contribution in [1.29, 1.82) is 0 Å². The van der Waals surface area contributed by atoms with Gasteiger partial charge in [0.05, 0.1) is 5.92 Å². The summed E-state index contributed by atoms with van der Waals surface area (Å²) in [6.45, 7) is 8.05. The fourth-order valence-corrected chi connectivity index (χ4v) is 2.29. The van der Waals surface area contributed by atoms with Crippen LogP contribution in [0.15, 0.2) is 24.3 Å². The molecule has 0 bridgehead atoms. The van der Waals surface area contributed by atoms with E-state index in [2.05, 4.69) is 26.0 Å². The topological polar surface area (TPSA) is 46.3 Å². The van der Waals surface area contributed by atoms with E-state index >= 15 is 0 Å². The lowest BCUT2D eigenvalue weighted by molar-refractivity contribution is -0.135. The normalized spacial score (nSPS) is 12.2. The van der Waals surface area contributed by atoms with Gasteiger partial charge in [0.2, 0.25) is 5.91 Å². The van der Waals surface area contributed by atoms with Gasteiger partial charge in [0.15, 0.2) is 0 Å². The Morgan fingerprint density at radius 1 is 1.32 bits per heavy atom. The second-order valence-corrected chi connectivity index (χ2v) is 5.00. The van der Waals surface area contributed by atoms with Crippen molar-refractivity contribution in [3.63, 3.8) is 0 Å². The number of carbonyl (C=O) groups excluding carboxylic acids is 1. The maximum absolute atomic E-state index is 12.5. The number of amides is 1. The van der Waals surface area contributed by atoms with Crippen molar-refractivity contribution in [2.75, 3.05) is 13.1 Å². The molecule has 1 amide bonds. The van der Waals surface area contributed by atoms with Crippen LogP contribution in [-0.4, -0.2) is 23.9 Å². The minimum absolute atomic E-state index is 0.0334. The highest BCUT2D eigenvalue weighted by Gasteiger charge is 2.21. The molecule has 2 N–H and O–H groups in total. The molecule has 0 aliphatic rings. The lowest BCUT2D eigenvalue weighted by Crippen LogP contribution is -2.38. The summed E-state index contributed by atoms with van der Waals surface area (Å²) in [5.41, 5.74) is 8.17. The summed E-state index contributed by atoms with van der Waals surface area (Å²) in [6.07, 6.45) is 1.87. The van der Waals surface area contributed by atoms with Crippen LogP contribution in [-0.2, 0) is 11.3 Å². The fourth-order valence-electron chi connectivity index (χ4n) is 2.29. The van der Waals surface area contributed by atoms with E-state index < -0.39 is 0 Å². The quantitative estimate of drug-likeness (QED) is 0.821. The molecule has 19 heavy (non-hydrogen) atoms. The SMILES string of the molecule is CCCC(CN)C(=O)N(CC)Cc1ccccc1C. The lowest BCUT2D eigenvalue weighted by Gasteiger charge is -2.26. The number of hydrogen-bond acceptors (Lipinski definition) is 2. The molecular weight excluding hydrogens is 236 g/mol. The lowest BCUT2D eigenvalue weighted by atomic mass is 10.0. The second-order valence-electron chi connectivity index (χ2n) is 5.00. The van der Waals surface area contributed by atoms with Gasteiger partial charge in [-0.15, -0.1) is 0 Å². The Morgan fingerprint density at radius 2 is 2.00 bits per heavy atom. The highest BCUT2D eigenvalue weighted by molar-refractivity contribution is 5.79. The standard InChI is InChI=1S/C16H26N2O/c1-4-8-14(11-17)16(19)18(5-2)12-15-10-7-6-9-13(15)3/h6-7,9-10,14H,4-5,8,11-12,17H2,1-3H3. The third-order valence-corrected chi connectivity index (χ3v) is 3.59. The van der Waals surface area contributed by atoms with E-state index in [1.165, 1.54) is 11.1 Å². The van der Waals surface area contributed by atoms with E-state index in [1.807, 2.05) is 24.0 Å². The van der Waals surface area contributed by atoms with Crippen molar-refractivity contribution in [3.05, 3.63) is 35.4 Å². The van der Waals surface area contributed by atoms with Crippen LogP contribution in [0.3, 0.4) is 0 Å². The van der Waals surface area contributed by atoms with Crippen LogP contribution in [0.2, 0.25) is 0 Å². The zero-order valence-electron chi connectivity index (χ0n) is 12.4. The number of aryl methyl sites for hydroxylation is 1. The van der Waals surface area contributed by atoms with E-state index in [-0.39, 0.29) is 11.8 Å². The van der Waals surface area contributed by atoms with Crippen molar-refractivity contribution in [3.8, 4) is 0 Å². The van der Waals surface area contributed by atoms with Crippen molar-refractivity contribution in [2.24, 2.45) is 11.7 Å². The molecule has 106 valence electrons. The third kappa shape index (κ3) is 4.35. The molecule has 3 nitrogen and oxygen atoms in total. The van der Waals surface area contributed by atoms with Crippen LogP contribution in [0.4, 0.5) is 0 Å². The number of nitrogens with two attached hydrogens (primary N) is 1. The van der Waals surface area contributed by atoms with Crippen LogP contribution < -0.4 is 5.73 Å². The molecule has 0 aliphatic carbocycles. The average Bonchev–Trinajstić information content (AvgIpc) is 2.43. The molecule has 0 saturated heterocycles. The van der Waals surface area contributed by atoms with Gasteiger partial charge in [-0.1, -0.05) is 37.6 Å². The summed E-state index contributed by atoms with van der Waals surface area (Å²) >= 11 is 0. The molecule has 0 heterocycles. The van der Waals surface area contributed by atoms with Gasteiger partial charge in [-0.2, -0.15) is 0 Å². The Labute approximate surface area is 116 Å². The van der Waals surface area contributed by atoms with Crippen molar-refractivity contribution < 1.29 is 4.79 Å². The van der Waals surface area contributed by atoms with Gasteiger partial charge in [-0.3, -0.25) is 4.79 Å². The van der Waals surface area contributed by atoms with E-state index in [4.69, 9.17) is 5.73 Å². The number of rotatable bonds is 7. The first-order valence-corrected chi connectivity index (χ1v) is 7.17. The molecule has 1 rings (SSSR count). The number of nitrogens with zero attached hydrogens (tertiary/aromatic N) is 1. The van der Waals surface area contributed by atoms with Crippen LogP contribution >= 0.6 is 0 Å². The van der Waals surface area contributed by atoms with Gasteiger partial charge in [0.1, 0.15) is 0 Å². The Balaban J connectivity index is 2.77. The summed E-state index contributed by atoms with van der Waals surface area (Å²) in [6, 6.07) is 8.21. The first-order chi connectivity index (χ1) is 9.13. The minimum atomic E-state index is -0.0334. The maximum atomic E-state index is 12.5. The monoisotopic (exact) mass is 262 g/mol. The van der Waals surface area contributed by atoms with Crippen LogP contribution in [0, 0.1) is 12.8 Å². The first kappa shape index (κ1) is 15.7. The smallest absolute Gasteiger partial charge is 0.227 e. The fraction of sp³-hybridized carbons (Fsp3) is 0.562. The highest BCUT2D eigenvalue weighted by Crippen LogP contribution is 2.15. The van der Waals surface area contributed by atoms with Crippen molar-refractivity contribution >= 4 is 5.91 Å². The first-order valence-electron chi connectivity index (χ1n) is 7.17. The van der Waals surface area contributed by atoms with Crippen molar-refractivity contribution in [2.45, 2.75) is 40.2 Å². The van der Waals surface area contributed by atoms with Gasteiger partial charge < -0.3 is 10.6 Å². The second kappa shape index (κ2) is 7.95. The summed E-state index contributed by atoms with van der Waals surface area (Å²) in [4.78, 5) is 14.4. The van der Waals surface area contributed by atoms with Gasteiger partial charge in [-0.25, -0.2) is 0 Å². The van der Waals surface area contributed by atoms with Gasteiger partial charge in [0.25, 0.3) is 0 Å². The van der Waals surface area contributed by atoms with Gasteiger partial charge in [-0.05, 0) is 31.4 Å². The Kier molecular flexibility index (Phi) is 6.57. The summed E-state index contributed by atoms with van der Waals surface area (Å²) in [7, 11) is 0. The molecule has 1 aromatic rings. The van der Waals surface area contributed by atoms with E-state index in [9.17, 15) is 4.79 Å². The summed E-state index contributed by atoms with van der Waals surface area (Å²) in [5, 5.41) is 0. The van der Waals surface area contributed by atoms with Gasteiger partial charge in [0, 0.05) is 19.6 Å². The predicted molar refractivity (Wildman–Crippen MR) is 79.7 cm³/mol. The summed E-state index contributed by atoms with van der Waals surface area (Å²) < 4.78 is 0.